The van der Waals surface area contributed by atoms with Crippen molar-refractivity contribution < 1.29 is 0 Å². The van der Waals surface area contributed by atoms with E-state index in [2.05, 4.69) is 40.3 Å². The monoisotopic (exact) mass is 476 g/mol. The smallest absolute Gasteiger partial charge is 0.0491 e. The molecule has 0 spiro atoms. The van der Waals surface area contributed by atoms with Crippen molar-refractivity contribution in [3.05, 3.63) is 104 Å². The maximum absolute atomic E-state index is 6.39. The zero-order chi connectivity index (χ0) is 21.1. The van der Waals surface area contributed by atoms with E-state index < -0.39 is 0 Å². The Hall–Kier alpha value is -1.68. The fourth-order valence-corrected chi connectivity index (χ4v) is 4.57. The molecule has 0 fully saturated rings. The summed E-state index contributed by atoms with van der Waals surface area (Å²) in [6, 6.07) is 19.7. The van der Waals surface area contributed by atoms with Crippen LogP contribution in [-0.4, -0.2) is 11.1 Å². The lowest BCUT2D eigenvalue weighted by Gasteiger charge is -2.08. The summed E-state index contributed by atoms with van der Waals surface area (Å²) in [5.41, 5.74) is 4.56. The molecule has 1 heterocycles. The molecule has 30 heavy (non-hydrogen) atoms. The Kier molecular flexibility index (Phi) is 6.92. The summed E-state index contributed by atoms with van der Waals surface area (Å²) in [6.45, 7) is 2.29. The maximum atomic E-state index is 6.39. The van der Waals surface area contributed by atoms with Crippen LogP contribution in [-0.2, 0) is 19.5 Å². The molecule has 1 aromatic heterocycles. The molecule has 0 saturated heterocycles. The first kappa shape index (κ1) is 21.5. The zero-order valence-corrected chi connectivity index (χ0v) is 19.2. The van der Waals surface area contributed by atoms with Gasteiger partial charge in [0, 0.05) is 50.3 Å². The molecule has 6 heteroatoms. The second-order valence-electron chi connectivity index (χ2n) is 7.20. The number of halogens is 4. The van der Waals surface area contributed by atoms with Crippen molar-refractivity contribution in [2.45, 2.75) is 19.5 Å². The fourth-order valence-electron chi connectivity index (χ4n) is 3.60. The van der Waals surface area contributed by atoms with E-state index in [9.17, 15) is 0 Å². The lowest BCUT2D eigenvalue weighted by atomic mass is 10.1. The average Bonchev–Trinajstić information content (AvgIpc) is 3.06. The number of nitrogens with one attached hydrogen (secondary N) is 1. The summed E-state index contributed by atoms with van der Waals surface area (Å²) >= 11 is 24.7. The van der Waals surface area contributed by atoms with Gasteiger partial charge in [-0.15, -0.1) is 0 Å². The van der Waals surface area contributed by atoms with Crippen LogP contribution in [0.3, 0.4) is 0 Å². The van der Waals surface area contributed by atoms with Crippen LogP contribution in [0.2, 0.25) is 20.1 Å². The molecular weight excluding hydrogens is 458 g/mol. The van der Waals surface area contributed by atoms with Crippen molar-refractivity contribution >= 4 is 57.3 Å². The standard InChI is InChI=1S/C24H20Cl4N2/c25-19-7-5-16(22(27)11-19)9-10-29-13-18-15-30(24-4-2-1-3-21(18)24)14-17-6-8-20(26)12-23(17)28/h1-8,11-12,15,29H,9-10,13-14H2. The van der Waals surface area contributed by atoms with Gasteiger partial charge in [-0.3, -0.25) is 0 Å². The summed E-state index contributed by atoms with van der Waals surface area (Å²) in [4.78, 5) is 0. The van der Waals surface area contributed by atoms with Crippen molar-refractivity contribution in [2.24, 2.45) is 0 Å². The Morgan fingerprint density at radius 3 is 2.10 bits per heavy atom. The predicted octanol–water partition coefficient (Wildman–Crippen LogP) is 7.64. The van der Waals surface area contributed by atoms with E-state index in [-0.39, 0.29) is 0 Å². The normalized spacial score (nSPS) is 11.3. The van der Waals surface area contributed by atoms with Crippen LogP contribution in [0.25, 0.3) is 10.9 Å². The third-order valence-corrected chi connectivity index (χ3v) is 6.30. The number of fused-ring (bicyclic) bond motifs is 1. The maximum Gasteiger partial charge on any atom is 0.0491 e. The highest BCUT2D eigenvalue weighted by molar-refractivity contribution is 6.35. The van der Waals surface area contributed by atoms with Crippen LogP contribution in [0.1, 0.15) is 16.7 Å². The van der Waals surface area contributed by atoms with Gasteiger partial charge in [0.25, 0.3) is 0 Å². The van der Waals surface area contributed by atoms with E-state index in [0.717, 1.165) is 30.6 Å². The van der Waals surface area contributed by atoms with Gasteiger partial charge >= 0.3 is 0 Å². The summed E-state index contributed by atoms with van der Waals surface area (Å²) in [5.74, 6) is 0. The van der Waals surface area contributed by atoms with Gasteiger partial charge in [-0.1, -0.05) is 76.7 Å². The third kappa shape index (κ3) is 4.96. The molecule has 0 radical (unpaired) electrons. The highest BCUT2D eigenvalue weighted by atomic mass is 35.5. The Bertz CT molecular complexity index is 1180. The van der Waals surface area contributed by atoms with Crippen LogP contribution >= 0.6 is 46.4 Å². The van der Waals surface area contributed by atoms with E-state index >= 15 is 0 Å². The van der Waals surface area contributed by atoms with Crippen molar-refractivity contribution in [3.8, 4) is 0 Å². The molecule has 0 saturated carbocycles. The lowest BCUT2D eigenvalue weighted by Crippen LogP contribution is -2.16. The lowest BCUT2D eigenvalue weighted by molar-refractivity contribution is 0.686. The molecule has 154 valence electrons. The first-order valence-electron chi connectivity index (χ1n) is 9.66. The van der Waals surface area contributed by atoms with Gasteiger partial charge in [0.1, 0.15) is 0 Å². The quantitative estimate of drug-likeness (QED) is 0.270. The summed E-state index contributed by atoms with van der Waals surface area (Å²) in [6.07, 6.45) is 3.03. The first-order chi connectivity index (χ1) is 14.5. The number of para-hydroxylation sites is 1. The van der Waals surface area contributed by atoms with Crippen LogP contribution in [0.5, 0.6) is 0 Å². The fraction of sp³-hybridized carbons (Fsp3) is 0.167. The van der Waals surface area contributed by atoms with Gasteiger partial charge in [0.15, 0.2) is 0 Å². The van der Waals surface area contributed by atoms with Crippen LogP contribution in [0.15, 0.2) is 66.9 Å². The van der Waals surface area contributed by atoms with Crippen molar-refractivity contribution in [2.75, 3.05) is 6.54 Å². The van der Waals surface area contributed by atoms with Gasteiger partial charge in [0.2, 0.25) is 0 Å². The highest BCUT2D eigenvalue weighted by Gasteiger charge is 2.10. The van der Waals surface area contributed by atoms with Gasteiger partial charge in [0.05, 0.1) is 0 Å². The van der Waals surface area contributed by atoms with E-state index in [4.69, 9.17) is 46.4 Å². The minimum atomic E-state index is 0.645. The number of nitrogens with zero attached hydrogens (tertiary/aromatic N) is 1. The van der Waals surface area contributed by atoms with E-state index in [0.29, 0.717) is 26.6 Å². The molecule has 4 aromatic rings. The molecule has 3 aromatic carbocycles. The molecule has 0 amide bonds. The van der Waals surface area contributed by atoms with E-state index in [1.165, 1.54) is 16.5 Å². The summed E-state index contributed by atoms with van der Waals surface area (Å²) in [7, 11) is 0. The van der Waals surface area contributed by atoms with Crippen LogP contribution < -0.4 is 5.32 Å². The van der Waals surface area contributed by atoms with Crippen LogP contribution in [0.4, 0.5) is 0 Å². The van der Waals surface area contributed by atoms with Gasteiger partial charge in [-0.05, 0) is 60.0 Å². The topological polar surface area (TPSA) is 17.0 Å². The van der Waals surface area contributed by atoms with Gasteiger partial charge in [-0.25, -0.2) is 0 Å². The molecular formula is C24H20Cl4N2. The highest BCUT2D eigenvalue weighted by Crippen LogP contribution is 2.26. The van der Waals surface area contributed by atoms with Gasteiger partial charge < -0.3 is 9.88 Å². The first-order valence-corrected chi connectivity index (χ1v) is 11.2. The molecule has 0 unspecified atom stereocenters. The number of rotatable bonds is 7. The summed E-state index contributed by atoms with van der Waals surface area (Å²) in [5, 5.41) is 7.46. The Morgan fingerprint density at radius 1 is 0.733 bits per heavy atom. The Balaban J connectivity index is 1.48. The zero-order valence-electron chi connectivity index (χ0n) is 16.1. The number of hydrogen-bond donors (Lipinski definition) is 1. The Labute approximate surface area is 196 Å². The van der Waals surface area contributed by atoms with Crippen molar-refractivity contribution in [1.82, 2.24) is 9.88 Å². The molecule has 4 rings (SSSR count). The summed E-state index contributed by atoms with van der Waals surface area (Å²) < 4.78 is 2.23. The predicted molar refractivity (Wildman–Crippen MR) is 129 cm³/mol. The number of hydrogen-bond acceptors (Lipinski definition) is 1. The van der Waals surface area contributed by atoms with E-state index in [1.807, 2.05) is 24.3 Å². The molecule has 0 bridgehead atoms. The largest absolute Gasteiger partial charge is 0.343 e. The Morgan fingerprint density at radius 2 is 1.40 bits per heavy atom. The van der Waals surface area contributed by atoms with E-state index in [1.54, 1.807) is 12.1 Å². The average molecular weight is 478 g/mol. The second kappa shape index (κ2) is 9.64. The number of benzene rings is 3. The van der Waals surface area contributed by atoms with Crippen molar-refractivity contribution in [1.29, 1.82) is 0 Å². The second-order valence-corrected chi connectivity index (χ2v) is 8.88. The molecule has 2 nitrogen and oxygen atoms in total. The molecule has 0 atom stereocenters. The SMILES string of the molecule is Clc1ccc(CCNCc2cn(Cc3ccc(Cl)cc3Cl)c3ccccc23)c(Cl)c1. The number of aromatic nitrogens is 1. The van der Waals surface area contributed by atoms with Crippen molar-refractivity contribution in [3.63, 3.8) is 0 Å². The minimum Gasteiger partial charge on any atom is -0.343 e. The molecule has 0 aliphatic rings. The van der Waals surface area contributed by atoms with Gasteiger partial charge in [-0.2, -0.15) is 0 Å². The van der Waals surface area contributed by atoms with Crippen LogP contribution in [0, 0.1) is 0 Å². The third-order valence-electron chi connectivity index (χ3n) is 5.13. The molecule has 0 aliphatic carbocycles. The molecule has 0 aliphatic heterocycles. The minimum absolute atomic E-state index is 0.645. The molecule has 1 N–H and O–H groups in total.